The van der Waals surface area contributed by atoms with Gasteiger partial charge >= 0.3 is 0 Å². The van der Waals surface area contributed by atoms with E-state index in [1.54, 1.807) is 0 Å². The highest BCUT2D eigenvalue weighted by Gasteiger charge is 2.14. The Balaban J connectivity index is 2.83. The Morgan fingerprint density at radius 2 is 2.05 bits per heavy atom. The van der Waals surface area contributed by atoms with Crippen LogP contribution in [-0.2, 0) is 0 Å². The minimum atomic E-state index is -0.451. The maximum Gasteiger partial charge on any atom is 0.252 e. The fourth-order valence-electron chi connectivity index (χ4n) is 1.92. The van der Waals surface area contributed by atoms with E-state index in [-0.39, 0.29) is 24.1 Å². The summed E-state index contributed by atoms with van der Waals surface area (Å²) in [5.74, 6) is 5.33. The summed E-state index contributed by atoms with van der Waals surface area (Å²) in [5, 5.41) is 2.89. The van der Waals surface area contributed by atoms with Gasteiger partial charge in [0, 0.05) is 11.6 Å². The van der Waals surface area contributed by atoms with Crippen LogP contribution in [0.25, 0.3) is 0 Å². The van der Waals surface area contributed by atoms with Gasteiger partial charge in [-0.1, -0.05) is 25.7 Å². The van der Waals surface area contributed by atoms with Crippen molar-refractivity contribution >= 4 is 5.91 Å². The second kappa shape index (κ2) is 8.43. The van der Waals surface area contributed by atoms with E-state index in [9.17, 15) is 9.18 Å². The molecule has 1 rings (SSSR count). The normalized spacial score (nSPS) is 11.7. The molecular weight excluding hydrogens is 267 g/mol. The fraction of sp³-hybridized carbons (Fsp3) is 0.471. The van der Waals surface area contributed by atoms with Gasteiger partial charge in [-0.25, -0.2) is 4.39 Å². The van der Waals surface area contributed by atoms with Crippen LogP contribution in [0.5, 0.6) is 0 Å². The minimum absolute atomic E-state index is 0.0403. The molecule has 3 N–H and O–H groups in total. The Kier molecular flexibility index (Phi) is 6.90. The summed E-state index contributed by atoms with van der Waals surface area (Å²) in [4.78, 5) is 12.3. The van der Waals surface area contributed by atoms with Gasteiger partial charge in [0.2, 0.25) is 0 Å². The van der Waals surface area contributed by atoms with Crippen molar-refractivity contribution in [2.24, 2.45) is 11.7 Å². The molecule has 0 saturated heterocycles. The molecule has 0 fully saturated rings. The summed E-state index contributed by atoms with van der Waals surface area (Å²) < 4.78 is 13.4. The molecular formula is C17H23FN2O. The SMILES string of the molecule is CC(C)CCC(C)NC(=O)c1cc(F)ccc1C#CCN. The van der Waals surface area contributed by atoms with E-state index in [2.05, 4.69) is 31.0 Å². The van der Waals surface area contributed by atoms with E-state index in [4.69, 9.17) is 5.73 Å². The first kappa shape index (κ1) is 17.2. The number of amides is 1. The first-order valence-corrected chi connectivity index (χ1v) is 7.23. The van der Waals surface area contributed by atoms with Gasteiger partial charge in [0.05, 0.1) is 12.1 Å². The average Bonchev–Trinajstić information content (AvgIpc) is 2.43. The van der Waals surface area contributed by atoms with Gasteiger partial charge in [0.25, 0.3) is 5.91 Å². The number of carbonyl (C=O) groups excluding carboxylic acids is 1. The van der Waals surface area contributed by atoms with Gasteiger partial charge in [-0.2, -0.15) is 0 Å². The summed E-state index contributed by atoms with van der Waals surface area (Å²) in [6.45, 7) is 6.43. The highest BCUT2D eigenvalue weighted by atomic mass is 19.1. The molecule has 0 radical (unpaired) electrons. The molecule has 1 aromatic rings. The van der Waals surface area contributed by atoms with Crippen LogP contribution >= 0.6 is 0 Å². The van der Waals surface area contributed by atoms with Crippen LogP contribution in [0.3, 0.4) is 0 Å². The molecule has 4 heteroatoms. The quantitative estimate of drug-likeness (QED) is 0.819. The Morgan fingerprint density at radius 3 is 2.67 bits per heavy atom. The predicted octanol–water partition coefficient (Wildman–Crippen LogP) is 2.69. The van der Waals surface area contributed by atoms with Crippen molar-refractivity contribution in [1.29, 1.82) is 0 Å². The fourth-order valence-corrected chi connectivity index (χ4v) is 1.92. The number of halogens is 1. The Labute approximate surface area is 126 Å². The van der Waals surface area contributed by atoms with Crippen LogP contribution in [0.15, 0.2) is 18.2 Å². The second-order valence-corrected chi connectivity index (χ2v) is 5.54. The van der Waals surface area contributed by atoms with Gasteiger partial charge in [0.1, 0.15) is 5.82 Å². The molecule has 0 bridgehead atoms. The first-order valence-electron chi connectivity index (χ1n) is 7.23. The summed E-state index contributed by atoms with van der Waals surface area (Å²) in [7, 11) is 0. The minimum Gasteiger partial charge on any atom is -0.350 e. The topological polar surface area (TPSA) is 55.1 Å². The summed E-state index contributed by atoms with van der Waals surface area (Å²) in [6, 6.07) is 4.05. The summed E-state index contributed by atoms with van der Waals surface area (Å²) in [5.41, 5.74) is 6.09. The van der Waals surface area contributed by atoms with Crippen molar-refractivity contribution in [3.63, 3.8) is 0 Å². The molecule has 3 nitrogen and oxygen atoms in total. The van der Waals surface area contributed by atoms with Gasteiger partial charge in [-0.15, -0.1) is 0 Å². The molecule has 0 saturated carbocycles. The highest BCUT2D eigenvalue weighted by molar-refractivity contribution is 5.96. The molecule has 114 valence electrons. The van der Waals surface area contributed by atoms with E-state index in [0.717, 1.165) is 12.8 Å². The maximum atomic E-state index is 13.4. The zero-order chi connectivity index (χ0) is 15.8. The third kappa shape index (κ3) is 5.97. The lowest BCUT2D eigenvalue weighted by Crippen LogP contribution is -2.33. The van der Waals surface area contributed by atoms with Gasteiger partial charge in [0.15, 0.2) is 0 Å². The molecule has 0 aromatic heterocycles. The molecule has 1 unspecified atom stereocenters. The van der Waals surface area contributed by atoms with Crippen molar-refractivity contribution in [2.75, 3.05) is 6.54 Å². The number of nitrogens with one attached hydrogen (secondary N) is 1. The molecule has 0 aliphatic heterocycles. The third-order valence-electron chi connectivity index (χ3n) is 3.11. The summed E-state index contributed by atoms with van der Waals surface area (Å²) in [6.07, 6.45) is 1.92. The summed E-state index contributed by atoms with van der Waals surface area (Å²) >= 11 is 0. The van der Waals surface area contributed by atoms with E-state index in [1.165, 1.54) is 18.2 Å². The zero-order valence-corrected chi connectivity index (χ0v) is 12.9. The van der Waals surface area contributed by atoms with Crippen molar-refractivity contribution in [1.82, 2.24) is 5.32 Å². The van der Waals surface area contributed by atoms with Crippen molar-refractivity contribution < 1.29 is 9.18 Å². The van der Waals surface area contributed by atoms with E-state index in [0.29, 0.717) is 11.5 Å². The number of carbonyl (C=O) groups is 1. The van der Waals surface area contributed by atoms with Gasteiger partial charge in [-0.05, 0) is 43.9 Å². The maximum absolute atomic E-state index is 13.4. The van der Waals surface area contributed by atoms with E-state index in [1.807, 2.05) is 6.92 Å². The number of benzene rings is 1. The molecule has 21 heavy (non-hydrogen) atoms. The lowest BCUT2D eigenvalue weighted by molar-refractivity contribution is 0.0936. The van der Waals surface area contributed by atoms with Crippen LogP contribution in [0, 0.1) is 23.6 Å². The zero-order valence-electron chi connectivity index (χ0n) is 12.9. The molecule has 0 aliphatic carbocycles. The number of hydrogen-bond acceptors (Lipinski definition) is 2. The van der Waals surface area contributed by atoms with Crippen molar-refractivity contribution in [3.8, 4) is 11.8 Å². The number of nitrogens with two attached hydrogens (primary N) is 1. The van der Waals surface area contributed by atoms with Crippen LogP contribution in [-0.4, -0.2) is 18.5 Å². The molecule has 1 amide bonds. The van der Waals surface area contributed by atoms with E-state index >= 15 is 0 Å². The lowest BCUT2D eigenvalue weighted by Gasteiger charge is -2.15. The first-order chi connectivity index (χ1) is 9.93. The Bertz CT molecular complexity index is 543. The van der Waals surface area contributed by atoms with E-state index < -0.39 is 5.82 Å². The van der Waals surface area contributed by atoms with Crippen LogP contribution < -0.4 is 11.1 Å². The monoisotopic (exact) mass is 290 g/mol. The molecule has 0 heterocycles. The lowest BCUT2D eigenvalue weighted by atomic mass is 10.0. The standard InChI is InChI=1S/C17H23FN2O/c1-12(2)6-7-13(3)20-17(21)16-11-15(18)9-8-14(16)5-4-10-19/h8-9,11-13H,6-7,10,19H2,1-3H3,(H,20,21). The molecule has 1 aromatic carbocycles. The number of rotatable bonds is 5. The van der Waals surface area contributed by atoms with Gasteiger partial charge < -0.3 is 11.1 Å². The largest absolute Gasteiger partial charge is 0.350 e. The number of hydrogen-bond donors (Lipinski definition) is 2. The van der Waals surface area contributed by atoms with Crippen LogP contribution in [0.2, 0.25) is 0 Å². The van der Waals surface area contributed by atoms with Crippen molar-refractivity contribution in [3.05, 3.63) is 35.1 Å². The highest BCUT2D eigenvalue weighted by Crippen LogP contribution is 2.12. The molecule has 0 aliphatic rings. The average molecular weight is 290 g/mol. The molecule has 1 atom stereocenters. The van der Waals surface area contributed by atoms with Gasteiger partial charge in [-0.3, -0.25) is 4.79 Å². The molecule has 0 spiro atoms. The smallest absolute Gasteiger partial charge is 0.252 e. The Hall–Kier alpha value is -1.86. The third-order valence-corrected chi connectivity index (χ3v) is 3.11. The second-order valence-electron chi connectivity index (χ2n) is 5.54. The Morgan fingerprint density at radius 1 is 1.33 bits per heavy atom. The van der Waals surface area contributed by atoms with Crippen LogP contribution in [0.4, 0.5) is 4.39 Å². The predicted molar refractivity (Wildman–Crippen MR) is 83.3 cm³/mol. The van der Waals surface area contributed by atoms with Crippen LogP contribution in [0.1, 0.15) is 49.5 Å². The van der Waals surface area contributed by atoms with Crippen molar-refractivity contribution in [2.45, 2.75) is 39.7 Å².